The van der Waals surface area contributed by atoms with Crippen molar-refractivity contribution in [2.24, 2.45) is 0 Å². The predicted molar refractivity (Wildman–Crippen MR) is 70.2 cm³/mol. The highest BCUT2D eigenvalue weighted by Gasteiger charge is 2.07. The topological polar surface area (TPSA) is 52.4 Å². The lowest BCUT2D eigenvalue weighted by Gasteiger charge is -2.05. The minimum atomic E-state index is -0.457. The molecule has 0 aliphatic heterocycles. The Bertz CT molecular complexity index is 601. The molecule has 2 aromatic rings. The van der Waals surface area contributed by atoms with Gasteiger partial charge in [0.15, 0.2) is 11.6 Å². The zero-order valence-corrected chi connectivity index (χ0v) is 10.8. The van der Waals surface area contributed by atoms with Crippen LogP contribution in [0.3, 0.4) is 0 Å². The molecule has 2 rings (SSSR count). The highest BCUT2D eigenvalue weighted by atomic mass is 32.2. The third-order valence-electron chi connectivity index (χ3n) is 2.41. The fourth-order valence-corrected chi connectivity index (χ4v) is 2.33. The van der Waals surface area contributed by atoms with E-state index in [1.165, 1.54) is 37.1 Å². The molecule has 0 aromatic heterocycles. The van der Waals surface area contributed by atoms with E-state index in [0.29, 0.717) is 4.90 Å². The summed E-state index contributed by atoms with van der Waals surface area (Å²) in [5, 5.41) is 10.5. The zero-order chi connectivity index (χ0) is 13.8. The first-order valence-electron chi connectivity index (χ1n) is 5.36. The average molecular weight is 279 g/mol. The molecule has 0 amide bonds. The standard InChI is InChI=1S/C13H10FNO3S/c1-18-13-7-6-11(8-12(13)14)19-10-4-2-9(3-5-10)15(16)17/h2-8H,1H3. The molecule has 0 spiro atoms. The van der Waals surface area contributed by atoms with Crippen molar-refractivity contribution in [3.63, 3.8) is 0 Å². The molecule has 0 aliphatic carbocycles. The van der Waals surface area contributed by atoms with E-state index in [4.69, 9.17) is 4.74 Å². The van der Waals surface area contributed by atoms with Crippen LogP contribution in [0, 0.1) is 15.9 Å². The molecule has 6 heteroatoms. The maximum absolute atomic E-state index is 13.5. The molecule has 0 atom stereocenters. The first kappa shape index (κ1) is 13.4. The van der Waals surface area contributed by atoms with E-state index < -0.39 is 10.7 Å². The van der Waals surface area contributed by atoms with Crippen LogP contribution in [0.1, 0.15) is 0 Å². The van der Waals surface area contributed by atoms with Gasteiger partial charge in [-0.25, -0.2) is 4.39 Å². The molecule has 0 bridgehead atoms. The van der Waals surface area contributed by atoms with Gasteiger partial charge in [0.1, 0.15) is 0 Å². The highest BCUT2D eigenvalue weighted by Crippen LogP contribution is 2.31. The van der Waals surface area contributed by atoms with Crippen LogP contribution in [0.25, 0.3) is 0 Å². The molecule has 19 heavy (non-hydrogen) atoms. The monoisotopic (exact) mass is 279 g/mol. The molecule has 0 fully saturated rings. The molecule has 0 radical (unpaired) electrons. The van der Waals surface area contributed by atoms with E-state index in [2.05, 4.69) is 0 Å². The quantitative estimate of drug-likeness (QED) is 0.629. The van der Waals surface area contributed by atoms with Gasteiger partial charge >= 0.3 is 0 Å². The smallest absolute Gasteiger partial charge is 0.269 e. The van der Waals surface area contributed by atoms with Crippen molar-refractivity contribution >= 4 is 17.4 Å². The van der Waals surface area contributed by atoms with E-state index in [1.54, 1.807) is 24.3 Å². The van der Waals surface area contributed by atoms with Crippen molar-refractivity contribution in [2.45, 2.75) is 9.79 Å². The highest BCUT2D eigenvalue weighted by molar-refractivity contribution is 7.99. The summed E-state index contributed by atoms with van der Waals surface area (Å²) in [5.74, 6) is -0.248. The van der Waals surface area contributed by atoms with E-state index >= 15 is 0 Å². The van der Waals surface area contributed by atoms with E-state index in [-0.39, 0.29) is 11.4 Å². The third-order valence-corrected chi connectivity index (χ3v) is 3.40. The minimum absolute atomic E-state index is 0.0326. The fourth-order valence-electron chi connectivity index (χ4n) is 1.48. The van der Waals surface area contributed by atoms with Gasteiger partial charge in [-0.2, -0.15) is 0 Å². The Kier molecular flexibility index (Phi) is 4.01. The SMILES string of the molecule is COc1ccc(Sc2ccc([N+](=O)[O-])cc2)cc1F. The van der Waals surface area contributed by atoms with Gasteiger partial charge in [0.2, 0.25) is 0 Å². The molecular formula is C13H10FNO3S. The Balaban J connectivity index is 2.16. The van der Waals surface area contributed by atoms with Gasteiger partial charge < -0.3 is 4.74 Å². The summed E-state index contributed by atoms with van der Waals surface area (Å²) in [6, 6.07) is 10.7. The number of methoxy groups -OCH3 is 1. The largest absolute Gasteiger partial charge is 0.494 e. The van der Waals surface area contributed by atoms with Gasteiger partial charge in [0.25, 0.3) is 5.69 Å². The van der Waals surface area contributed by atoms with Crippen LogP contribution in [-0.2, 0) is 0 Å². The number of nitrogens with zero attached hydrogens (tertiary/aromatic N) is 1. The van der Waals surface area contributed by atoms with E-state index in [9.17, 15) is 14.5 Å². The molecule has 0 N–H and O–H groups in total. The number of halogens is 1. The van der Waals surface area contributed by atoms with Crippen LogP contribution in [0.4, 0.5) is 10.1 Å². The first-order valence-corrected chi connectivity index (χ1v) is 6.17. The number of hydrogen-bond acceptors (Lipinski definition) is 4. The summed E-state index contributed by atoms with van der Waals surface area (Å²) in [6.45, 7) is 0. The van der Waals surface area contributed by atoms with Gasteiger partial charge in [0, 0.05) is 21.9 Å². The number of rotatable bonds is 4. The number of benzene rings is 2. The van der Waals surface area contributed by atoms with Crippen LogP contribution in [-0.4, -0.2) is 12.0 Å². The predicted octanol–water partition coefficient (Wildman–Crippen LogP) is 3.89. The normalized spacial score (nSPS) is 10.2. The average Bonchev–Trinajstić information content (AvgIpc) is 2.39. The Morgan fingerprint density at radius 1 is 1.16 bits per heavy atom. The van der Waals surface area contributed by atoms with Crippen molar-refractivity contribution in [1.82, 2.24) is 0 Å². The number of nitro benzene ring substituents is 1. The molecular weight excluding hydrogens is 269 g/mol. The fraction of sp³-hybridized carbons (Fsp3) is 0.0769. The van der Waals surface area contributed by atoms with Crippen LogP contribution in [0.2, 0.25) is 0 Å². The molecule has 0 unspecified atom stereocenters. The summed E-state index contributed by atoms with van der Waals surface area (Å²) in [4.78, 5) is 11.6. The maximum atomic E-state index is 13.5. The number of ether oxygens (including phenoxy) is 1. The van der Waals surface area contributed by atoms with Crippen molar-refractivity contribution < 1.29 is 14.1 Å². The summed E-state index contributed by atoms with van der Waals surface area (Å²) >= 11 is 1.32. The second kappa shape index (κ2) is 5.71. The third kappa shape index (κ3) is 3.23. The van der Waals surface area contributed by atoms with Crippen LogP contribution >= 0.6 is 11.8 Å². The molecule has 0 aliphatic rings. The molecule has 0 saturated carbocycles. The lowest BCUT2D eigenvalue weighted by molar-refractivity contribution is -0.384. The molecule has 0 heterocycles. The number of non-ortho nitro benzene ring substituents is 1. The first-order chi connectivity index (χ1) is 9.10. The lowest BCUT2D eigenvalue weighted by atomic mass is 10.3. The van der Waals surface area contributed by atoms with Gasteiger partial charge in [-0.15, -0.1) is 0 Å². The van der Waals surface area contributed by atoms with Gasteiger partial charge in [-0.05, 0) is 30.3 Å². The van der Waals surface area contributed by atoms with Crippen molar-refractivity contribution in [1.29, 1.82) is 0 Å². The molecule has 98 valence electrons. The Labute approximate surface area is 113 Å². The summed E-state index contributed by atoms with van der Waals surface area (Å²) in [6.07, 6.45) is 0. The summed E-state index contributed by atoms with van der Waals surface area (Å²) in [7, 11) is 1.40. The zero-order valence-electron chi connectivity index (χ0n) is 10.00. The second-order valence-corrected chi connectivity index (χ2v) is 4.80. The van der Waals surface area contributed by atoms with Crippen molar-refractivity contribution in [3.05, 3.63) is 58.4 Å². The number of nitro groups is 1. The van der Waals surface area contributed by atoms with Crippen LogP contribution < -0.4 is 4.74 Å². The van der Waals surface area contributed by atoms with Gasteiger partial charge in [0.05, 0.1) is 12.0 Å². The Hall–Kier alpha value is -2.08. The molecule has 4 nitrogen and oxygen atoms in total. The van der Waals surface area contributed by atoms with Gasteiger partial charge in [-0.1, -0.05) is 11.8 Å². The molecule has 0 saturated heterocycles. The minimum Gasteiger partial charge on any atom is -0.494 e. The van der Waals surface area contributed by atoms with Gasteiger partial charge in [-0.3, -0.25) is 10.1 Å². The Morgan fingerprint density at radius 2 is 1.79 bits per heavy atom. The Morgan fingerprint density at radius 3 is 2.32 bits per heavy atom. The van der Waals surface area contributed by atoms with Crippen molar-refractivity contribution in [3.8, 4) is 5.75 Å². The second-order valence-electron chi connectivity index (χ2n) is 3.65. The van der Waals surface area contributed by atoms with Crippen LogP contribution in [0.15, 0.2) is 52.3 Å². The van der Waals surface area contributed by atoms with E-state index in [1.807, 2.05) is 0 Å². The number of hydrogen-bond donors (Lipinski definition) is 0. The van der Waals surface area contributed by atoms with Crippen molar-refractivity contribution in [2.75, 3.05) is 7.11 Å². The maximum Gasteiger partial charge on any atom is 0.269 e. The lowest BCUT2D eigenvalue weighted by Crippen LogP contribution is -1.88. The molecule has 2 aromatic carbocycles. The summed E-state index contributed by atoms with van der Waals surface area (Å²) < 4.78 is 18.3. The van der Waals surface area contributed by atoms with E-state index in [0.717, 1.165) is 4.90 Å². The summed E-state index contributed by atoms with van der Waals surface area (Å²) in [5.41, 5.74) is 0.0326. The van der Waals surface area contributed by atoms with Crippen LogP contribution in [0.5, 0.6) is 5.75 Å².